The van der Waals surface area contributed by atoms with Crippen LogP contribution in [-0.4, -0.2) is 80.4 Å². The third-order valence-electron chi connectivity index (χ3n) is 9.16. The molecule has 2 aliphatic rings. The Kier molecular flexibility index (Phi) is 9.06. The molecule has 10 nitrogen and oxygen atoms in total. The average molecular weight is 563 g/mol. The number of hydrogen-bond acceptors (Lipinski definition) is 8. The fourth-order valence-electron chi connectivity index (χ4n) is 5.74. The number of fused-ring (bicyclic) bond motifs is 1. The Hall–Kier alpha value is -3.27. The van der Waals surface area contributed by atoms with Crippen LogP contribution in [0.25, 0.3) is 11.0 Å². The Bertz CT molecular complexity index is 1310. The number of anilines is 1. The molecule has 0 radical (unpaired) electrons. The smallest absolute Gasteiger partial charge is 0.225 e. The number of piperidine rings is 2. The van der Waals surface area contributed by atoms with Gasteiger partial charge in [0, 0.05) is 43.7 Å². The van der Waals surface area contributed by atoms with E-state index in [1.807, 2.05) is 36.0 Å². The molecule has 222 valence electrons. The van der Waals surface area contributed by atoms with Crippen molar-refractivity contribution < 1.29 is 9.53 Å². The SMILES string of the molecule is CCOc1cccc(Cn2ncc3c(N4CCC(C(=O)N5CCC(CNC(C)(C)C(C)C)CC5)CC4)ncnc32)n1. The minimum absolute atomic E-state index is 0.0875. The van der Waals surface area contributed by atoms with E-state index in [-0.39, 0.29) is 11.5 Å². The summed E-state index contributed by atoms with van der Waals surface area (Å²) in [7, 11) is 0. The molecule has 0 bridgehead atoms. The van der Waals surface area contributed by atoms with Crippen LogP contribution in [0.5, 0.6) is 5.88 Å². The van der Waals surface area contributed by atoms with E-state index in [0.717, 1.165) is 81.0 Å². The van der Waals surface area contributed by atoms with Crippen molar-refractivity contribution in [3.8, 4) is 5.88 Å². The monoisotopic (exact) mass is 562 g/mol. The molecule has 10 heteroatoms. The van der Waals surface area contributed by atoms with Crippen molar-refractivity contribution in [1.82, 2.24) is 34.9 Å². The van der Waals surface area contributed by atoms with Gasteiger partial charge in [-0.15, -0.1) is 0 Å². The van der Waals surface area contributed by atoms with Crippen molar-refractivity contribution >= 4 is 22.8 Å². The molecule has 0 aliphatic carbocycles. The highest BCUT2D eigenvalue weighted by atomic mass is 16.5. The van der Waals surface area contributed by atoms with Crippen molar-refractivity contribution in [2.45, 2.75) is 72.4 Å². The highest BCUT2D eigenvalue weighted by Crippen LogP contribution is 2.29. The summed E-state index contributed by atoms with van der Waals surface area (Å²) in [6, 6.07) is 5.77. The van der Waals surface area contributed by atoms with Crippen molar-refractivity contribution in [1.29, 1.82) is 0 Å². The molecule has 5 heterocycles. The Morgan fingerprint density at radius 3 is 2.56 bits per heavy atom. The highest BCUT2D eigenvalue weighted by molar-refractivity contribution is 5.87. The summed E-state index contributed by atoms with van der Waals surface area (Å²) in [5.41, 5.74) is 1.79. The topological polar surface area (TPSA) is 101 Å². The average Bonchev–Trinajstić information content (AvgIpc) is 3.39. The highest BCUT2D eigenvalue weighted by Gasteiger charge is 2.32. The maximum Gasteiger partial charge on any atom is 0.225 e. The summed E-state index contributed by atoms with van der Waals surface area (Å²) in [5, 5.41) is 9.29. The molecule has 3 aromatic heterocycles. The summed E-state index contributed by atoms with van der Waals surface area (Å²) < 4.78 is 7.40. The predicted octanol–water partition coefficient (Wildman–Crippen LogP) is 4.15. The van der Waals surface area contributed by atoms with Gasteiger partial charge < -0.3 is 19.9 Å². The number of nitrogens with one attached hydrogen (secondary N) is 1. The van der Waals surface area contributed by atoms with E-state index in [2.05, 4.69) is 62.9 Å². The van der Waals surface area contributed by atoms with Gasteiger partial charge in [-0.1, -0.05) is 19.9 Å². The number of pyridine rings is 1. The van der Waals surface area contributed by atoms with Crippen LogP contribution in [0.15, 0.2) is 30.7 Å². The van der Waals surface area contributed by atoms with E-state index in [1.54, 1.807) is 6.33 Å². The van der Waals surface area contributed by atoms with E-state index < -0.39 is 0 Å². The molecule has 2 fully saturated rings. The van der Waals surface area contributed by atoms with Crippen LogP contribution >= 0.6 is 0 Å². The number of hydrogen-bond donors (Lipinski definition) is 1. The molecule has 2 saturated heterocycles. The predicted molar refractivity (Wildman–Crippen MR) is 161 cm³/mol. The molecule has 0 spiro atoms. The second-order valence-corrected chi connectivity index (χ2v) is 12.4. The van der Waals surface area contributed by atoms with Crippen LogP contribution in [0.4, 0.5) is 5.82 Å². The lowest BCUT2D eigenvalue weighted by Crippen LogP contribution is -2.49. The fraction of sp³-hybridized carbons (Fsp3) is 0.645. The standard InChI is InChI=1S/C31H46N8O2/c1-6-41-27-9-7-8-25(36-27)20-39-29-26(19-35-39)28(32-21-33-29)37-16-12-24(13-17-37)30(40)38-14-10-23(11-15-38)18-34-31(4,5)22(2)3/h7-9,19,21-24,34H,6,10-18,20H2,1-5H3. The van der Waals surface area contributed by atoms with E-state index in [9.17, 15) is 4.79 Å². The Labute approximate surface area is 243 Å². The number of rotatable bonds is 10. The Balaban J connectivity index is 1.15. The minimum atomic E-state index is 0.0875. The molecule has 1 N–H and O–H groups in total. The van der Waals surface area contributed by atoms with Gasteiger partial charge >= 0.3 is 0 Å². The zero-order valence-electron chi connectivity index (χ0n) is 25.3. The van der Waals surface area contributed by atoms with Crippen LogP contribution in [0.1, 0.15) is 66.0 Å². The largest absolute Gasteiger partial charge is 0.478 e. The quantitative estimate of drug-likeness (QED) is 0.393. The molecular formula is C31H46N8O2. The first-order valence-electron chi connectivity index (χ1n) is 15.3. The molecule has 2 aliphatic heterocycles. The molecule has 5 rings (SSSR count). The van der Waals surface area contributed by atoms with Gasteiger partial charge in [0.05, 0.1) is 30.4 Å². The van der Waals surface area contributed by atoms with Gasteiger partial charge in [-0.3, -0.25) is 4.79 Å². The number of carbonyl (C=O) groups is 1. The molecular weight excluding hydrogens is 516 g/mol. The van der Waals surface area contributed by atoms with Gasteiger partial charge in [0.2, 0.25) is 11.8 Å². The molecule has 1 amide bonds. The second kappa shape index (κ2) is 12.7. The minimum Gasteiger partial charge on any atom is -0.478 e. The number of aromatic nitrogens is 5. The van der Waals surface area contributed by atoms with Gasteiger partial charge in [-0.25, -0.2) is 19.6 Å². The third-order valence-corrected chi connectivity index (χ3v) is 9.16. The Morgan fingerprint density at radius 1 is 1.10 bits per heavy atom. The summed E-state index contributed by atoms with van der Waals surface area (Å²) >= 11 is 0. The maximum atomic E-state index is 13.4. The molecule has 0 saturated carbocycles. The van der Waals surface area contributed by atoms with Crippen LogP contribution in [-0.2, 0) is 11.3 Å². The van der Waals surface area contributed by atoms with E-state index in [4.69, 9.17) is 4.74 Å². The zero-order valence-corrected chi connectivity index (χ0v) is 25.3. The first kappa shape index (κ1) is 29.2. The van der Waals surface area contributed by atoms with Gasteiger partial charge in [0.1, 0.15) is 12.1 Å². The van der Waals surface area contributed by atoms with Crippen molar-refractivity contribution in [2.24, 2.45) is 17.8 Å². The number of likely N-dealkylation sites (tertiary alicyclic amines) is 1. The number of nitrogens with zero attached hydrogens (tertiary/aromatic N) is 7. The lowest BCUT2D eigenvalue weighted by molar-refractivity contribution is -0.137. The number of ether oxygens (including phenoxy) is 1. The van der Waals surface area contributed by atoms with E-state index in [1.165, 1.54) is 0 Å². The first-order chi connectivity index (χ1) is 19.7. The second-order valence-electron chi connectivity index (χ2n) is 12.4. The number of amides is 1. The molecule has 0 unspecified atom stereocenters. The maximum absolute atomic E-state index is 13.4. The van der Waals surface area contributed by atoms with Crippen molar-refractivity contribution in [3.63, 3.8) is 0 Å². The van der Waals surface area contributed by atoms with Crippen molar-refractivity contribution in [3.05, 3.63) is 36.4 Å². The summed E-state index contributed by atoms with van der Waals surface area (Å²) in [6.07, 6.45) is 7.31. The summed E-state index contributed by atoms with van der Waals surface area (Å²) in [5.74, 6) is 3.16. The van der Waals surface area contributed by atoms with Gasteiger partial charge in [-0.2, -0.15) is 5.10 Å². The first-order valence-corrected chi connectivity index (χ1v) is 15.3. The normalized spacial score (nSPS) is 17.5. The molecule has 3 aromatic rings. The van der Waals surface area contributed by atoms with Gasteiger partial charge in [0.25, 0.3) is 0 Å². The Morgan fingerprint density at radius 2 is 1.85 bits per heavy atom. The van der Waals surface area contributed by atoms with Crippen molar-refractivity contribution in [2.75, 3.05) is 44.2 Å². The van der Waals surface area contributed by atoms with Gasteiger partial charge in [0.15, 0.2) is 5.65 Å². The van der Waals surface area contributed by atoms with Crippen LogP contribution in [0, 0.1) is 17.8 Å². The van der Waals surface area contributed by atoms with E-state index in [0.29, 0.717) is 36.8 Å². The molecule has 0 atom stereocenters. The fourth-order valence-corrected chi connectivity index (χ4v) is 5.74. The lowest BCUT2D eigenvalue weighted by Gasteiger charge is -2.39. The van der Waals surface area contributed by atoms with Crippen LogP contribution in [0.3, 0.4) is 0 Å². The zero-order chi connectivity index (χ0) is 29.0. The molecule has 0 aromatic carbocycles. The van der Waals surface area contributed by atoms with Crippen LogP contribution in [0.2, 0.25) is 0 Å². The van der Waals surface area contributed by atoms with E-state index >= 15 is 0 Å². The third kappa shape index (κ3) is 6.80. The molecule has 41 heavy (non-hydrogen) atoms. The van der Waals surface area contributed by atoms with Gasteiger partial charge in [-0.05, 0) is 70.9 Å². The summed E-state index contributed by atoms with van der Waals surface area (Å²) in [6.45, 7) is 16.5. The summed E-state index contributed by atoms with van der Waals surface area (Å²) in [4.78, 5) is 31.5. The number of carbonyl (C=O) groups excluding carboxylic acids is 1. The van der Waals surface area contributed by atoms with Crippen LogP contribution < -0.4 is 15.0 Å². The lowest BCUT2D eigenvalue weighted by atomic mass is 9.88.